The highest BCUT2D eigenvalue weighted by atomic mass is 79.9. The zero-order valence-electron chi connectivity index (χ0n) is 17.0. The molecule has 0 radical (unpaired) electrons. The van der Waals surface area contributed by atoms with Crippen molar-refractivity contribution in [2.75, 3.05) is 7.11 Å². The van der Waals surface area contributed by atoms with Crippen molar-refractivity contribution in [2.24, 2.45) is 4.99 Å². The van der Waals surface area contributed by atoms with Crippen LogP contribution in [0.25, 0.3) is 6.08 Å². The lowest BCUT2D eigenvalue weighted by Gasteiger charge is -2.16. The number of rotatable bonds is 5. The summed E-state index contributed by atoms with van der Waals surface area (Å²) in [6, 6.07) is 20.2. The number of halogens is 2. The maximum Gasteiger partial charge on any atom is 0.267 e. The smallest absolute Gasteiger partial charge is 0.267 e. The van der Waals surface area contributed by atoms with Gasteiger partial charge < -0.3 is 9.84 Å². The molecule has 8 heteroatoms. The Bertz CT molecular complexity index is 1210. The quantitative estimate of drug-likeness (QED) is 0.377. The van der Waals surface area contributed by atoms with Crippen LogP contribution in [-0.4, -0.2) is 28.2 Å². The van der Waals surface area contributed by atoms with E-state index in [2.05, 4.69) is 15.9 Å². The van der Waals surface area contributed by atoms with Gasteiger partial charge in [-0.25, -0.2) is 4.99 Å². The van der Waals surface area contributed by atoms with Gasteiger partial charge in [-0.1, -0.05) is 41.9 Å². The van der Waals surface area contributed by atoms with Gasteiger partial charge in [0.05, 0.1) is 28.7 Å². The summed E-state index contributed by atoms with van der Waals surface area (Å²) in [7, 11) is 1.61. The minimum atomic E-state index is -0.198. The van der Waals surface area contributed by atoms with Gasteiger partial charge in [0.1, 0.15) is 11.5 Å². The Labute approximate surface area is 203 Å². The minimum Gasteiger partial charge on any atom is -0.506 e. The molecule has 3 aromatic rings. The number of carbonyl (C=O) groups excluding carboxylic acids is 1. The molecule has 32 heavy (non-hydrogen) atoms. The van der Waals surface area contributed by atoms with Crippen LogP contribution in [-0.2, 0) is 11.3 Å². The number of para-hydroxylation sites is 1. The van der Waals surface area contributed by atoms with Crippen molar-refractivity contribution in [3.05, 3.63) is 92.3 Å². The number of methoxy groups -OCH3 is 1. The number of benzene rings is 3. The van der Waals surface area contributed by atoms with E-state index < -0.39 is 0 Å². The van der Waals surface area contributed by atoms with E-state index in [1.54, 1.807) is 30.2 Å². The minimum absolute atomic E-state index is 0.0189. The summed E-state index contributed by atoms with van der Waals surface area (Å²) < 4.78 is 5.68. The molecule has 0 bridgehead atoms. The van der Waals surface area contributed by atoms with E-state index in [-0.39, 0.29) is 11.7 Å². The first-order valence-electron chi connectivity index (χ1n) is 9.60. The largest absolute Gasteiger partial charge is 0.506 e. The monoisotopic (exact) mass is 528 g/mol. The molecule has 3 aromatic carbocycles. The van der Waals surface area contributed by atoms with Crippen LogP contribution in [0.2, 0.25) is 5.02 Å². The van der Waals surface area contributed by atoms with Crippen LogP contribution in [0.5, 0.6) is 11.5 Å². The Kier molecular flexibility index (Phi) is 6.89. The number of amides is 1. The molecule has 5 nitrogen and oxygen atoms in total. The van der Waals surface area contributed by atoms with Gasteiger partial charge in [0, 0.05) is 10.6 Å². The zero-order valence-corrected chi connectivity index (χ0v) is 20.1. The maximum absolute atomic E-state index is 13.3. The number of ether oxygens (including phenoxy) is 1. The second kappa shape index (κ2) is 9.81. The number of carbonyl (C=O) groups is 1. The SMILES string of the molecule is COc1ccc(CN2C(=O)/C(=C/c3cc(Cl)cc(Br)c3O)SC2=Nc2ccccc2)cc1. The molecule has 0 atom stereocenters. The number of phenolic OH excluding ortho intramolecular Hbond substituents is 1. The second-order valence-electron chi connectivity index (χ2n) is 6.91. The highest BCUT2D eigenvalue weighted by Crippen LogP contribution is 2.39. The number of hydrogen-bond donors (Lipinski definition) is 1. The fourth-order valence-corrected chi connectivity index (χ4v) is 4.92. The standard InChI is InChI=1S/C24H18BrClN2O3S/c1-31-19-9-7-15(8-10-19)14-28-23(30)21(12-16-11-17(26)13-20(25)22(16)29)32-24(28)27-18-5-3-2-4-6-18/h2-13,29H,14H2,1H3/b21-12-,27-24?. The van der Waals surface area contributed by atoms with Gasteiger partial charge in [-0.05, 0) is 75.7 Å². The third-order valence-electron chi connectivity index (χ3n) is 4.71. The summed E-state index contributed by atoms with van der Waals surface area (Å²) >= 11 is 10.7. The van der Waals surface area contributed by atoms with Crippen LogP contribution in [0.1, 0.15) is 11.1 Å². The number of aliphatic imine (C=N–C) groups is 1. The number of phenols is 1. The summed E-state index contributed by atoms with van der Waals surface area (Å²) in [4.78, 5) is 20.1. The molecule has 4 rings (SSSR count). The number of hydrogen-bond acceptors (Lipinski definition) is 5. The summed E-state index contributed by atoms with van der Waals surface area (Å²) in [5.74, 6) is 0.568. The molecule has 1 aliphatic heterocycles. The van der Waals surface area contributed by atoms with E-state index in [0.717, 1.165) is 17.0 Å². The van der Waals surface area contributed by atoms with E-state index >= 15 is 0 Å². The topological polar surface area (TPSA) is 62.1 Å². The molecule has 0 saturated carbocycles. The van der Waals surface area contributed by atoms with Gasteiger partial charge in [-0.15, -0.1) is 0 Å². The Morgan fingerprint density at radius 3 is 2.56 bits per heavy atom. The molecule has 0 spiro atoms. The van der Waals surface area contributed by atoms with Crippen molar-refractivity contribution in [3.63, 3.8) is 0 Å². The summed E-state index contributed by atoms with van der Waals surface area (Å²) in [5.41, 5.74) is 2.14. The first-order valence-corrected chi connectivity index (χ1v) is 11.6. The lowest BCUT2D eigenvalue weighted by molar-refractivity contribution is -0.122. The highest BCUT2D eigenvalue weighted by Gasteiger charge is 2.33. The highest BCUT2D eigenvalue weighted by molar-refractivity contribution is 9.10. The average Bonchev–Trinajstić information content (AvgIpc) is 3.07. The third-order valence-corrected chi connectivity index (χ3v) is 6.54. The molecule has 1 aliphatic rings. The van der Waals surface area contributed by atoms with E-state index in [4.69, 9.17) is 21.3 Å². The summed E-state index contributed by atoms with van der Waals surface area (Å²) in [6.45, 7) is 0.351. The molecule has 1 saturated heterocycles. The van der Waals surface area contributed by atoms with Crippen LogP contribution < -0.4 is 4.74 Å². The molecule has 1 N–H and O–H groups in total. The molecule has 1 fully saturated rings. The lowest BCUT2D eigenvalue weighted by atomic mass is 10.1. The van der Waals surface area contributed by atoms with Crippen LogP contribution in [0, 0.1) is 0 Å². The number of thioether (sulfide) groups is 1. The van der Waals surface area contributed by atoms with Gasteiger partial charge >= 0.3 is 0 Å². The van der Waals surface area contributed by atoms with E-state index in [9.17, 15) is 9.90 Å². The van der Waals surface area contributed by atoms with Crippen LogP contribution in [0.15, 0.2) is 81.1 Å². The average molecular weight is 530 g/mol. The predicted molar refractivity (Wildman–Crippen MR) is 133 cm³/mol. The van der Waals surface area contributed by atoms with Crippen molar-refractivity contribution < 1.29 is 14.6 Å². The predicted octanol–water partition coefficient (Wildman–Crippen LogP) is 6.62. The van der Waals surface area contributed by atoms with Gasteiger partial charge in [0.15, 0.2) is 5.17 Å². The Morgan fingerprint density at radius 1 is 1.16 bits per heavy atom. The molecule has 0 aromatic heterocycles. The Hall–Kier alpha value is -2.74. The Morgan fingerprint density at radius 2 is 1.88 bits per heavy atom. The first-order chi connectivity index (χ1) is 15.4. The number of nitrogens with zero attached hydrogens (tertiary/aromatic N) is 2. The van der Waals surface area contributed by atoms with Gasteiger partial charge in [0.2, 0.25) is 0 Å². The van der Waals surface area contributed by atoms with E-state index in [1.807, 2.05) is 54.6 Å². The zero-order chi connectivity index (χ0) is 22.7. The fourth-order valence-electron chi connectivity index (χ4n) is 3.09. The van der Waals surface area contributed by atoms with Gasteiger partial charge in [-0.2, -0.15) is 0 Å². The lowest BCUT2D eigenvalue weighted by Crippen LogP contribution is -2.28. The van der Waals surface area contributed by atoms with Crippen molar-refractivity contribution >= 4 is 62.1 Å². The van der Waals surface area contributed by atoms with Crippen LogP contribution in [0.4, 0.5) is 5.69 Å². The maximum atomic E-state index is 13.3. The van der Waals surface area contributed by atoms with Crippen molar-refractivity contribution in [3.8, 4) is 11.5 Å². The second-order valence-corrected chi connectivity index (χ2v) is 9.21. The number of aromatic hydroxyl groups is 1. The van der Waals surface area contributed by atoms with Crippen molar-refractivity contribution in [1.29, 1.82) is 0 Å². The molecule has 0 unspecified atom stereocenters. The third kappa shape index (κ3) is 5.01. The van der Waals surface area contributed by atoms with Crippen LogP contribution >= 0.6 is 39.3 Å². The van der Waals surface area contributed by atoms with Gasteiger partial charge in [0.25, 0.3) is 5.91 Å². The fraction of sp³-hybridized carbons (Fsp3) is 0.0833. The van der Waals surface area contributed by atoms with Crippen molar-refractivity contribution in [1.82, 2.24) is 4.90 Å². The molecular formula is C24H18BrClN2O3S. The van der Waals surface area contributed by atoms with Crippen LogP contribution in [0.3, 0.4) is 0 Å². The Balaban J connectivity index is 1.72. The molecule has 1 heterocycles. The normalized spacial score (nSPS) is 16.2. The van der Waals surface area contributed by atoms with Crippen molar-refractivity contribution in [2.45, 2.75) is 6.54 Å². The summed E-state index contributed by atoms with van der Waals surface area (Å²) in [6.07, 6.45) is 1.63. The molecule has 0 aliphatic carbocycles. The first kappa shape index (κ1) is 22.5. The molecule has 1 amide bonds. The molecular weight excluding hydrogens is 512 g/mol. The van der Waals surface area contributed by atoms with E-state index in [1.165, 1.54) is 11.8 Å². The van der Waals surface area contributed by atoms with Gasteiger partial charge in [-0.3, -0.25) is 9.69 Å². The number of amidine groups is 1. The molecule has 162 valence electrons. The van der Waals surface area contributed by atoms with E-state index in [0.29, 0.717) is 31.7 Å². The summed E-state index contributed by atoms with van der Waals surface area (Å²) in [5, 5.41) is 11.4.